The monoisotopic (exact) mass is 1110 g/mol. The number of hydrogen-bond donors (Lipinski definition) is 6. The molecule has 9 heteroatoms. The Bertz CT molecular complexity index is 1190. The van der Waals surface area contributed by atoms with Crippen LogP contribution in [0.25, 0.3) is 0 Å². The highest BCUT2D eigenvalue weighted by Crippen LogP contribution is 2.24. The Morgan fingerprint density at radius 2 is 0.641 bits per heavy atom. The second-order valence-electron chi connectivity index (χ2n) is 25.0. The Hall–Kier alpha value is -0.810. The van der Waals surface area contributed by atoms with Crippen LogP contribution >= 0.6 is 0 Å². The number of rotatable bonds is 63. The molecule has 78 heavy (non-hydrogen) atoms. The van der Waals surface area contributed by atoms with Crippen LogP contribution in [0.1, 0.15) is 380 Å². The molecule has 0 spiro atoms. The van der Waals surface area contributed by atoms with Crippen LogP contribution in [-0.4, -0.2) is 87.5 Å². The normalized spacial score (nSPS) is 18.5. The van der Waals surface area contributed by atoms with Crippen LogP contribution < -0.4 is 5.32 Å². The number of aliphatic hydroxyl groups excluding tert-OH is 5. The summed E-state index contributed by atoms with van der Waals surface area (Å²) in [6.07, 6.45) is 67.5. The van der Waals surface area contributed by atoms with Gasteiger partial charge in [-0.15, -0.1) is 0 Å². The Morgan fingerprint density at radius 3 is 0.910 bits per heavy atom. The summed E-state index contributed by atoms with van der Waals surface area (Å²) in [5.74, 6) is -0.133. The molecule has 0 aliphatic carbocycles. The molecule has 0 radical (unpaired) electrons. The van der Waals surface area contributed by atoms with E-state index < -0.39 is 49.5 Å². The van der Waals surface area contributed by atoms with E-state index in [1.807, 2.05) is 0 Å². The van der Waals surface area contributed by atoms with E-state index in [9.17, 15) is 30.3 Å². The van der Waals surface area contributed by atoms with Crippen molar-refractivity contribution in [3.05, 3.63) is 0 Å². The first-order valence-corrected chi connectivity index (χ1v) is 35.2. The number of hydrogen-bond acceptors (Lipinski definition) is 8. The molecule has 1 heterocycles. The minimum absolute atomic E-state index is 0.130. The minimum atomic E-state index is -1.55. The third kappa shape index (κ3) is 47.7. The summed E-state index contributed by atoms with van der Waals surface area (Å²) in [5, 5.41) is 54.9. The Labute approximate surface area is 484 Å². The van der Waals surface area contributed by atoms with E-state index in [2.05, 4.69) is 19.2 Å². The lowest BCUT2D eigenvalue weighted by Crippen LogP contribution is -2.60. The van der Waals surface area contributed by atoms with E-state index in [1.165, 1.54) is 315 Å². The first kappa shape index (κ1) is 75.2. The van der Waals surface area contributed by atoms with E-state index in [1.54, 1.807) is 0 Å². The van der Waals surface area contributed by atoms with E-state index >= 15 is 0 Å². The Balaban J connectivity index is 2.08. The fourth-order valence-electron chi connectivity index (χ4n) is 11.9. The molecule has 1 saturated heterocycles. The van der Waals surface area contributed by atoms with Crippen molar-refractivity contribution in [2.24, 2.45) is 0 Å². The van der Waals surface area contributed by atoms with Gasteiger partial charge in [0.25, 0.3) is 0 Å². The molecule has 0 aromatic heterocycles. The van der Waals surface area contributed by atoms with Crippen molar-refractivity contribution < 1.29 is 39.8 Å². The van der Waals surface area contributed by atoms with Gasteiger partial charge in [0.1, 0.15) is 24.4 Å². The van der Waals surface area contributed by atoms with Gasteiger partial charge in [-0.3, -0.25) is 4.79 Å². The number of amides is 1. The van der Waals surface area contributed by atoms with E-state index in [0.29, 0.717) is 12.8 Å². The average Bonchev–Trinajstić information content (AvgIpc) is 3.45. The molecule has 9 nitrogen and oxygen atoms in total. The zero-order chi connectivity index (χ0) is 56.5. The number of aliphatic hydroxyl groups is 5. The van der Waals surface area contributed by atoms with Crippen LogP contribution in [0.15, 0.2) is 0 Å². The largest absolute Gasteiger partial charge is 0.394 e. The van der Waals surface area contributed by atoms with Crippen LogP contribution in [0, 0.1) is 0 Å². The average molecular weight is 1110 g/mol. The van der Waals surface area contributed by atoms with Gasteiger partial charge in [0, 0.05) is 6.42 Å². The van der Waals surface area contributed by atoms with Crippen LogP contribution in [0.2, 0.25) is 0 Å². The topological polar surface area (TPSA) is 149 Å². The summed E-state index contributed by atoms with van der Waals surface area (Å²) in [4.78, 5) is 13.1. The maximum Gasteiger partial charge on any atom is 0.220 e. The maximum atomic E-state index is 13.1. The molecule has 1 aliphatic heterocycles. The second kappa shape index (κ2) is 59.4. The van der Waals surface area contributed by atoms with Crippen molar-refractivity contribution in [3.63, 3.8) is 0 Å². The molecule has 0 saturated carbocycles. The van der Waals surface area contributed by atoms with E-state index in [-0.39, 0.29) is 12.5 Å². The fraction of sp³-hybridized carbons (Fsp3) is 0.986. The standard InChI is InChI=1S/C69H137NO8/c1-3-5-7-9-11-13-15-17-19-21-23-25-27-28-29-30-31-32-33-34-35-37-38-40-42-44-46-48-50-52-54-56-58-63(72)62(61-77-69-68(76)67(75)66(74)64(60-71)78-69)70-65(73)59-57-55-53-51-49-47-45-43-41-39-36-26-24-22-20-18-16-14-12-10-8-6-4-2/h62-64,66-69,71-72,74-76H,3-61H2,1-2H3,(H,70,73). The van der Waals surface area contributed by atoms with E-state index in [4.69, 9.17) is 9.47 Å². The molecule has 466 valence electrons. The van der Waals surface area contributed by atoms with Crippen LogP contribution in [0.5, 0.6) is 0 Å². The number of carbonyl (C=O) groups is 1. The molecule has 1 amide bonds. The molecule has 0 bridgehead atoms. The minimum Gasteiger partial charge on any atom is -0.394 e. The molecule has 7 atom stereocenters. The predicted molar refractivity (Wildman–Crippen MR) is 332 cm³/mol. The summed E-state index contributed by atoms with van der Waals surface area (Å²) in [7, 11) is 0. The smallest absolute Gasteiger partial charge is 0.220 e. The van der Waals surface area contributed by atoms with Gasteiger partial charge in [0.2, 0.25) is 5.91 Å². The quantitative estimate of drug-likeness (QED) is 0.0330. The van der Waals surface area contributed by atoms with Crippen LogP contribution in [0.4, 0.5) is 0 Å². The number of carbonyl (C=O) groups excluding carboxylic acids is 1. The van der Waals surface area contributed by atoms with Gasteiger partial charge in [-0.05, 0) is 12.8 Å². The van der Waals surface area contributed by atoms with Gasteiger partial charge in [-0.25, -0.2) is 0 Å². The fourth-order valence-corrected chi connectivity index (χ4v) is 11.9. The highest BCUT2D eigenvalue weighted by Gasteiger charge is 2.44. The molecule has 1 fully saturated rings. The zero-order valence-corrected chi connectivity index (χ0v) is 52.2. The first-order chi connectivity index (χ1) is 38.3. The van der Waals surface area contributed by atoms with Crippen molar-refractivity contribution in [3.8, 4) is 0 Å². The van der Waals surface area contributed by atoms with Crippen molar-refractivity contribution in [1.82, 2.24) is 5.32 Å². The van der Waals surface area contributed by atoms with Crippen molar-refractivity contribution in [2.75, 3.05) is 13.2 Å². The van der Waals surface area contributed by atoms with Crippen molar-refractivity contribution in [1.29, 1.82) is 0 Å². The lowest BCUT2D eigenvalue weighted by Gasteiger charge is -2.40. The lowest BCUT2D eigenvalue weighted by atomic mass is 9.99. The summed E-state index contributed by atoms with van der Waals surface area (Å²) in [6, 6.07) is -0.715. The summed E-state index contributed by atoms with van der Waals surface area (Å²) in [6.45, 7) is 3.91. The predicted octanol–water partition coefficient (Wildman–Crippen LogP) is 18.9. The first-order valence-electron chi connectivity index (χ1n) is 35.2. The van der Waals surface area contributed by atoms with Crippen LogP contribution in [0.3, 0.4) is 0 Å². The van der Waals surface area contributed by atoms with Gasteiger partial charge in [0.05, 0.1) is 25.4 Å². The highest BCUT2D eigenvalue weighted by atomic mass is 16.7. The van der Waals surface area contributed by atoms with Gasteiger partial charge < -0.3 is 40.3 Å². The lowest BCUT2D eigenvalue weighted by molar-refractivity contribution is -0.302. The molecule has 1 rings (SSSR count). The molecular weight excluding hydrogens is 971 g/mol. The molecule has 0 aromatic carbocycles. The molecule has 0 aromatic rings. The Kier molecular flexibility index (Phi) is 57.2. The van der Waals surface area contributed by atoms with Gasteiger partial charge in [0.15, 0.2) is 6.29 Å². The maximum absolute atomic E-state index is 13.1. The molecule has 6 N–H and O–H groups in total. The van der Waals surface area contributed by atoms with Gasteiger partial charge in [-0.1, -0.05) is 361 Å². The highest BCUT2D eigenvalue weighted by molar-refractivity contribution is 5.76. The third-order valence-corrected chi connectivity index (χ3v) is 17.5. The van der Waals surface area contributed by atoms with Crippen LogP contribution in [-0.2, 0) is 14.3 Å². The summed E-state index contributed by atoms with van der Waals surface area (Å²) < 4.78 is 11.4. The van der Waals surface area contributed by atoms with Crippen molar-refractivity contribution in [2.45, 2.75) is 423 Å². The van der Waals surface area contributed by atoms with E-state index in [0.717, 1.165) is 38.5 Å². The molecule has 7 unspecified atom stereocenters. The number of ether oxygens (including phenoxy) is 2. The third-order valence-electron chi connectivity index (χ3n) is 17.5. The van der Waals surface area contributed by atoms with Gasteiger partial charge >= 0.3 is 0 Å². The Morgan fingerprint density at radius 1 is 0.385 bits per heavy atom. The SMILES string of the molecule is CCCCCCCCCCCCCCCCCCCCCCCCCCCCCCCCCCC(O)C(COC1OC(CO)C(O)C(O)C1O)NC(=O)CCCCCCCCCCCCCCCCCCCCCCCCC. The number of nitrogens with one attached hydrogen (secondary N) is 1. The van der Waals surface area contributed by atoms with Crippen molar-refractivity contribution >= 4 is 5.91 Å². The molecule has 1 aliphatic rings. The van der Waals surface area contributed by atoms with Gasteiger partial charge in [-0.2, -0.15) is 0 Å². The zero-order valence-electron chi connectivity index (χ0n) is 52.2. The summed E-state index contributed by atoms with van der Waals surface area (Å²) >= 11 is 0. The molecular formula is C69H137NO8. The number of unbranched alkanes of at least 4 members (excludes halogenated alkanes) is 53. The summed E-state index contributed by atoms with van der Waals surface area (Å²) in [5.41, 5.74) is 0. The second-order valence-corrected chi connectivity index (χ2v) is 25.0.